The summed E-state index contributed by atoms with van der Waals surface area (Å²) in [5.74, 6) is 0.230. The summed E-state index contributed by atoms with van der Waals surface area (Å²) < 4.78 is 68.5. The minimum Gasteiger partial charge on any atom is -0.462 e. The van der Waals surface area contributed by atoms with Crippen molar-refractivity contribution >= 4 is 39.5 Å². The molecule has 0 aliphatic heterocycles. The first-order valence-corrected chi connectivity index (χ1v) is 42.4. The molecule has 0 aromatic carbocycles. The predicted octanol–water partition coefficient (Wildman–Crippen LogP) is 22.2. The van der Waals surface area contributed by atoms with Crippen LogP contribution in [0.15, 0.2) is 0 Å². The SMILES string of the molecule is CCCCCCCCCCCCCC(=O)OC[C@H](COP(=O)(O)OC[C@H](O)COP(=O)(O)OC[C@@H](COC(=O)CCCCCCCCCCCCCCCC(C)C)OC(=O)CCCCCCCCCCCCCCCC(C)C)OC(=O)CCCCCCCCCCC(C)CC. The average Bonchev–Trinajstić information content (AvgIpc) is 2.91. The lowest BCUT2D eigenvalue weighted by molar-refractivity contribution is -0.161. The quantitative estimate of drug-likeness (QED) is 0.0222. The molecule has 6 atom stereocenters. The van der Waals surface area contributed by atoms with Gasteiger partial charge in [-0.15, -0.1) is 0 Å². The molecular weight excluding hydrogens is 1250 g/mol. The fraction of sp³-hybridized carbons (Fsp3) is 0.947. The molecule has 0 heterocycles. The van der Waals surface area contributed by atoms with Crippen molar-refractivity contribution in [3.8, 4) is 0 Å². The number of aliphatic hydroxyl groups is 1. The molecular formula is C76H148O17P2. The Morgan fingerprint density at radius 3 is 0.800 bits per heavy atom. The third-order valence-electron chi connectivity index (χ3n) is 18.0. The second-order valence-corrected chi connectivity index (χ2v) is 31.5. The van der Waals surface area contributed by atoms with E-state index in [9.17, 15) is 43.2 Å². The fourth-order valence-electron chi connectivity index (χ4n) is 11.6. The zero-order valence-corrected chi connectivity index (χ0v) is 63.9. The van der Waals surface area contributed by atoms with Crippen molar-refractivity contribution in [2.45, 2.75) is 407 Å². The van der Waals surface area contributed by atoms with Gasteiger partial charge in [0.05, 0.1) is 26.4 Å². The largest absolute Gasteiger partial charge is 0.472 e. The van der Waals surface area contributed by atoms with Crippen molar-refractivity contribution in [2.24, 2.45) is 17.8 Å². The van der Waals surface area contributed by atoms with Gasteiger partial charge in [-0.3, -0.25) is 37.3 Å². The predicted molar refractivity (Wildman–Crippen MR) is 386 cm³/mol. The van der Waals surface area contributed by atoms with E-state index in [2.05, 4.69) is 48.5 Å². The molecule has 17 nitrogen and oxygen atoms in total. The van der Waals surface area contributed by atoms with Crippen LogP contribution in [0.4, 0.5) is 0 Å². The number of carbonyl (C=O) groups is 4. The standard InChI is InChI=1S/C76H148O17P2/c1-8-10-11-12-13-14-21-28-36-43-50-57-73(78)86-64-72(93-76(81)60-53-46-39-32-31-35-42-49-56-69(7)9-2)66-91-95(84,85)89-62-70(77)61-88-94(82,83)90-65-71(92-75(80)59-52-45-38-30-25-20-16-18-23-27-34-41-48-55-68(5)6)63-87-74(79)58-51-44-37-29-24-19-15-17-22-26-33-40-47-54-67(3)4/h67-72,77H,8-66H2,1-7H3,(H,82,83)(H,84,85)/t69?,70-,71-,72-/m1/s1. The van der Waals surface area contributed by atoms with Crippen LogP contribution in [-0.2, 0) is 65.4 Å². The monoisotopic (exact) mass is 1400 g/mol. The summed E-state index contributed by atoms with van der Waals surface area (Å²) in [5, 5.41) is 10.6. The highest BCUT2D eigenvalue weighted by Gasteiger charge is 2.30. The first-order chi connectivity index (χ1) is 45.8. The number of ether oxygens (including phenoxy) is 4. The normalized spacial score (nSPS) is 14.4. The fourth-order valence-corrected chi connectivity index (χ4v) is 13.1. The molecule has 0 saturated carbocycles. The van der Waals surface area contributed by atoms with E-state index in [1.165, 1.54) is 199 Å². The molecule has 0 aliphatic rings. The maximum absolute atomic E-state index is 13.1. The molecule has 0 rings (SSSR count). The molecule has 564 valence electrons. The summed E-state index contributed by atoms with van der Waals surface area (Å²) in [7, 11) is -9.91. The van der Waals surface area contributed by atoms with Gasteiger partial charge in [-0.2, -0.15) is 0 Å². The molecule has 0 aliphatic carbocycles. The third kappa shape index (κ3) is 69.0. The second-order valence-electron chi connectivity index (χ2n) is 28.6. The zero-order valence-electron chi connectivity index (χ0n) is 62.1. The first-order valence-electron chi connectivity index (χ1n) is 39.4. The maximum Gasteiger partial charge on any atom is 0.472 e. The minimum atomic E-state index is -4.96. The molecule has 0 saturated heterocycles. The van der Waals surface area contributed by atoms with Crippen LogP contribution in [0, 0.1) is 17.8 Å². The Morgan fingerprint density at radius 2 is 0.537 bits per heavy atom. The van der Waals surface area contributed by atoms with Gasteiger partial charge >= 0.3 is 39.5 Å². The number of hydrogen-bond donors (Lipinski definition) is 3. The topological polar surface area (TPSA) is 237 Å². The van der Waals surface area contributed by atoms with Gasteiger partial charge in [0.15, 0.2) is 12.2 Å². The van der Waals surface area contributed by atoms with Crippen molar-refractivity contribution < 1.29 is 80.2 Å². The zero-order chi connectivity index (χ0) is 70.1. The van der Waals surface area contributed by atoms with E-state index in [4.69, 9.17) is 37.0 Å². The summed E-state index contributed by atoms with van der Waals surface area (Å²) in [6.45, 7) is 11.9. The summed E-state index contributed by atoms with van der Waals surface area (Å²) >= 11 is 0. The summed E-state index contributed by atoms with van der Waals surface area (Å²) in [6.07, 6.45) is 52.5. The Labute approximate surface area is 581 Å². The molecule has 0 spiro atoms. The summed E-state index contributed by atoms with van der Waals surface area (Å²) in [4.78, 5) is 72.8. The Balaban J connectivity index is 5.26. The van der Waals surface area contributed by atoms with Crippen LogP contribution >= 0.6 is 15.6 Å². The van der Waals surface area contributed by atoms with E-state index in [1.807, 2.05) is 0 Å². The Kier molecular flexibility index (Phi) is 65.2. The van der Waals surface area contributed by atoms with Crippen molar-refractivity contribution in [1.29, 1.82) is 0 Å². The lowest BCUT2D eigenvalue weighted by Gasteiger charge is -2.21. The van der Waals surface area contributed by atoms with Crippen LogP contribution in [0.25, 0.3) is 0 Å². The summed E-state index contributed by atoms with van der Waals surface area (Å²) in [6, 6.07) is 0. The highest BCUT2D eigenvalue weighted by molar-refractivity contribution is 7.47. The Hall–Kier alpha value is -1.94. The van der Waals surface area contributed by atoms with Gasteiger partial charge in [0.2, 0.25) is 0 Å². The van der Waals surface area contributed by atoms with E-state index < -0.39 is 97.5 Å². The van der Waals surface area contributed by atoms with Gasteiger partial charge in [0.1, 0.15) is 19.3 Å². The maximum atomic E-state index is 13.1. The van der Waals surface area contributed by atoms with Gasteiger partial charge in [0, 0.05) is 25.7 Å². The highest BCUT2D eigenvalue weighted by Crippen LogP contribution is 2.45. The number of phosphoric ester groups is 2. The Bertz CT molecular complexity index is 1850. The number of aliphatic hydroxyl groups excluding tert-OH is 1. The second kappa shape index (κ2) is 66.6. The van der Waals surface area contributed by atoms with Gasteiger partial charge in [-0.1, -0.05) is 337 Å². The van der Waals surface area contributed by atoms with Crippen molar-refractivity contribution in [2.75, 3.05) is 39.6 Å². The van der Waals surface area contributed by atoms with Gasteiger partial charge in [-0.25, -0.2) is 9.13 Å². The number of unbranched alkanes of at least 4 members (excludes halogenated alkanes) is 41. The van der Waals surface area contributed by atoms with Crippen molar-refractivity contribution in [3.63, 3.8) is 0 Å². The van der Waals surface area contributed by atoms with Gasteiger partial charge < -0.3 is 33.8 Å². The average molecular weight is 1400 g/mol. The molecule has 0 bridgehead atoms. The van der Waals surface area contributed by atoms with E-state index in [0.717, 1.165) is 108 Å². The van der Waals surface area contributed by atoms with E-state index >= 15 is 0 Å². The Morgan fingerprint density at radius 1 is 0.305 bits per heavy atom. The number of phosphoric acid groups is 2. The van der Waals surface area contributed by atoms with Gasteiger partial charge in [-0.05, 0) is 43.4 Å². The molecule has 0 amide bonds. The van der Waals surface area contributed by atoms with E-state index in [0.29, 0.717) is 25.7 Å². The molecule has 0 radical (unpaired) electrons. The molecule has 0 aromatic heterocycles. The summed E-state index contributed by atoms with van der Waals surface area (Å²) in [5.41, 5.74) is 0. The highest BCUT2D eigenvalue weighted by atomic mass is 31.2. The minimum absolute atomic E-state index is 0.105. The van der Waals surface area contributed by atoms with Gasteiger partial charge in [0.25, 0.3) is 0 Å². The van der Waals surface area contributed by atoms with Crippen LogP contribution in [0.5, 0.6) is 0 Å². The smallest absolute Gasteiger partial charge is 0.462 e. The number of hydrogen-bond acceptors (Lipinski definition) is 15. The lowest BCUT2D eigenvalue weighted by atomic mass is 9.99. The van der Waals surface area contributed by atoms with Crippen LogP contribution in [-0.4, -0.2) is 96.7 Å². The third-order valence-corrected chi connectivity index (χ3v) is 19.9. The van der Waals surface area contributed by atoms with Crippen LogP contribution in [0.3, 0.4) is 0 Å². The van der Waals surface area contributed by atoms with Crippen molar-refractivity contribution in [3.05, 3.63) is 0 Å². The molecule has 3 N–H and O–H groups in total. The molecule has 0 aromatic rings. The van der Waals surface area contributed by atoms with Crippen LogP contribution in [0.2, 0.25) is 0 Å². The number of esters is 4. The molecule has 3 unspecified atom stereocenters. The molecule has 0 fully saturated rings. The number of rotatable bonds is 74. The van der Waals surface area contributed by atoms with Crippen LogP contribution < -0.4 is 0 Å². The van der Waals surface area contributed by atoms with E-state index in [-0.39, 0.29) is 25.7 Å². The van der Waals surface area contributed by atoms with E-state index in [1.54, 1.807) is 0 Å². The molecule has 95 heavy (non-hydrogen) atoms. The lowest BCUT2D eigenvalue weighted by Crippen LogP contribution is -2.30. The van der Waals surface area contributed by atoms with Crippen molar-refractivity contribution in [1.82, 2.24) is 0 Å². The number of carbonyl (C=O) groups excluding carboxylic acids is 4. The molecule has 19 heteroatoms. The first kappa shape index (κ1) is 93.1. The van der Waals surface area contributed by atoms with Crippen LogP contribution in [0.1, 0.15) is 389 Å².